The lowest BCUT2D eigenvalue weighted by Gasteiger charge is -2.21. The van der Waals surface area contributed by atoms with Crippen LogP contribution in [0.25, 0.3) is 0 Å². The van der Waals surface area contributed by atoms with Gasteiger partial charge in [0, 0.05) is 6.07 Å². The van der Waals surface area contributed by atoms with Crippen molar-refractivity contribution < 1.29 is 18.7 Å². The molecule has 2 amide bonds. The van der Waals surface area contributed by atoms with E-state index in [0.29, 0.717) is 17.1 Å². The van der Waals surface area contributed by atoms with Crippen LogP contribution >= 0.6 is 11.6 Å². The molecule has 1 fully saturated rings. The molecular formula is C17H12ClFN4O3. The Kier molecular flexibility index (Phi) is 3.84. The van der Waals surface area contributed by atoms with Crippen molar-refractivity contribution in [1.82, 2.24) is 0 Å². The highest BCUT2D eigenvalue weighted by atomic mass is 35.5. The summed E-state index contributed by atoms with van der Waals surface area (Å²) in [5, 5.41) is 9.02. The number of ether oxygens (including phenoxy) is 1. The second-order valence-electron chi connectivity index (χ2n) is 5.75. The van der Waals surface area contributed by atoms with Gasteiger partial charge in [0.15, 0.2) is 12.1 Å². The van der Waals surface area contributed by atoms with E-state index in [-0.39, 0.29) is 5.02 Å². The number of hydrogen-bond acceptors (Lipinski definition) is 6. The molecule has 7 nitrogen and oxygen atoms in total. The summed E-state index contributed by atoms with van der Waals surface area (Å²) < 4.78 is 18.5. The van der Waals surface area contributed by atoms with Gasteiger partial charge in [-0.1, -0.05) is 22.9 Å². The van der Waals surface area contributed by atoms with Crippen LogP contribution in [0.2, 0.25) is 5.02 Å². The molecule has 0 aromatic heterocycles. The first-order chi connectivity index (χ1) is 12.5. The fourth-order valence-electron chi connectivity index (χ4n) is 3.00. The average Bonchev–Trinajstić information content (AvgIpc) is 3.18. The van der Waals surface area contributed by atoms with Crippen LogP contribution in [0.4, 0.5) is 15.8 Å². The summed E-state index contributed by atoms with van der Waals surface area (Å²) in [6, 6.07) is 8.65. The van der Waals surface area contributed by atoms with Crippen molar-refractivity contribution in [1.29, 1.82) is 0 Å². The number of imide groups is 1. The number of benzene rings is 2. The number of carbonyl (C=O) groups is 2. The van der Waals surface area contributed by atoms with Gasteiger partial charge < -0.3 is 4.74 Å². The minimum atomic E-state index is -0.961. The first kappa shape index (κ1) is 16.5. The molecule has 0 radical (unpaired) electrons. The van der Waals surface area contributed by atoms with Crippen LogP contribution in [0, 0.1) is 5.82 Å². The topological polar surface area (TPSA) is 74.6 Å². The number of fused-ring (bicyclic) bond motifs is 1. The zero-order valence-electron chi connectivity index (χ0n) is 13.5. The highest BCUT2D eigenvalue weighted by Crippen LogP contribution is 2.36. The van der Waals surface area contributed by atoms with Gasteiger partial charge >= 0.3 is 0 Å². The van der Waals surface area contributed by atoms with E-state index >= 15 is 0 Å². The molecule has 9 heteroatoms. The van der Waals surface area contributed by atoms with Crippen molar-refractivity contribution >= 4 is 34.8 Å². The van der Waals surface area contributed by atoms with Gasteiger partial charge in [-0.2, -0.15) is 5.11 Å². The zero-order chi connectivity index (χ0) is 18.4. The monoisotopic (exact) mass is 374 g/mol. The quantitative estimate of drug-likeness (QED) is 0.774. The first-order valence-corrected chi connectivity index (χ1v) is 8.06. The van der Waals surface area contributed by atoms with Gasteiger partial charge in [0.1, 0.15) is 11.6 Å². The summed E-state index contributed by atoms with van der Waals surface area (Å²) in [4.78, 5) is 26.7. The first-order valence-electron chi connectivity index (χ1n) is 7.68. The van der Waals surface area contributed by atoms with Crippen molar-refractivity contribution in [2.45, 2.75) is 12.1 Å². The molecule has 26 heavy (non-hydrogen) atoms. The molecule has 0 aliphatic carbocycles. The van der Waals surface area contributed by atoms with Gasteiger partial charge in [0.2, 0.25) is 0 Å². The Morgan fingerprint density at radius 3 is 2.65 bits per heavy atom. The third kappa shape index (κ3) is 2.41. The summed E-state index contributed by atoms with van der Waals surface area (Å²) in [6.07, 6.45) is 0. The zero-order valence-corrected chi connectivity index (χ0v) is 14.2. The Bertz CT molecular complexity index is 951. The van der Waals surface area contributed by atoms with Crippen LogP contribution in [0.1, 0.15) is 0 Å². The average molecular weight is 375 g/mol. The van der Waals surface area contributed by atoms with E-state index in [4.69, 9.17) is 16.3 Å². The lowest BCUT2D eigenvalue weighted by atomic mass is 10.1. The molecule has 2 heterocycles. The van der Waals surface area contributed by atoms with E-state index in [0.717, 1.165) is 4.90 Å². The van der Waals surface area contributed by atoms with Crippen LogP contribution < -0.4 is 14.6 Å². The van der Waals surface area contributed by atoms with Crippen molar-refractivity contribution in [3.8, 4) is 5.75 Å². The van der Waals surface area contributed by atoms with Gasteiger partial charge in [0.25, 0.3) is 11.8 Å². The number of hydrogen-bond donors (Lipinski definition) is 0. The maximum absolute atomic E-state index is 13.4. The summed E-state index contributed by atoms with van der Waals surface area (Å²) in [5.74, 6) is -1.02. The minimum Gasteiger partial charge on any atom is -0.497 e. The summed E-state index contributed by atoms with van der Waals surface area (Å²) in [7, 11) is 1.50. The maximum atomic E-state index is 13.4. The Morgan fingerprint density at radius 2 is 1.92 bits per heavy atom. The molecule has 0 unspecified atom stereocenters. The maximum Gasteiger partial charge on any atom is 0.263 e. The van der Waals surface area contributed by atoms with Crippen LogP contribution in [0.15, 0.2) is 52.8 Å². The second kappa shape index (κ2) is 6.06. The molecule has 2 aromatic carbocycles. The van der Waals surface area contributed by atoms with Gasteiger partial charge in [-0.3, -0.25) is 9.59 Å². The number of methoxy groups -OCH3 is 1. The van der Waals surface area contributed by atoms with Gasteiger partial charge in [-0.25, -0.2) is 14.3 Å². The van der Waals surface area contributed by atoms with E-state index in [1.54, 1.807) is 24.3 Å². The molecule has 0 spiro atoms. The van der Waals surface area contributed by atoms with E-state index in [2.05, 4.69) is 10.3 Å². The molecule has 2 aromatic rings. The number of amides is 2. The second-order valence-corrected chi connectivity index (χ2v) is 6.16. The molecule has 0 N–H and O–H groups in total. The predicted octanol–water partition coefficient (Wildman–Crippen LogP) is 2.99. The van der Waals surface area contributed by atoms with Crippen LogP contribution in [-0.4, -0.2) is 31.0 Å². The van der Waals surface area contributed by atoms with E-state index in [9.17, 15) is 14.0 Å². The third-order valence-electron chi connectivity index (χ3n) is 4.26. The lowest BCUT2D eigenvalue weighted by molar-refractivity contribution is -0.121. The van der Waals surface area contributed by atoms with Crippen LogP contribution in [0.5, 0.6) is 5.75 Å². The Labute approximate surface area is 152 Å². The molecular weight excluding hydrogens is 363 g/mol. The fourth-order valence-corrected chi connectivity index (χ4v) is 3.18. The molecule has 2 atom stereocenters. The van der Waals surface area contributed by atoms with Crippen molar-refractivity contribution in [3.05, 3.63) is 53.3 Å². The molecule has 2 aliphatic heterocycles. The van der Waals surface area contributed by atoms with E-state index in [1.807, 2.05) is 0 Å². The van der Waals surface area contributed by atoms with E-state index in [1.165, 1.54) is 30.3 Å². The largest absolute Gasteiger partial charge is 0.497 e. The van der Waals surface area contributed by atoms with Crippen LogP contribution in [0.3, 0.4) is 0 Å². The molecule has 4 rings (SSSR count). The van der Waals surface area contributed by atoms with E-state index < -0.39 is 29.7 Å². The predicted molar refractivity (Wildman–Crippen MR) is 91.8 cm³/mol. The van der Waals surface area contributed by atoms with Crippen molar-refractivity contribution in [2.24, 2.45) is 10.3 Å². The number of rotatable bonds is 3. The SMILES string of the molecule is COc1cccc(N2C(=O)[C@H]3N=NN(c4ccc(F)c(Cl)c4)[C@@H]3C2=O)c1. The molecule has 132 valence electrons. The Hall–Kier alpha value is -3.00. The lowest BCUT2D eigenvalue weighted by Crippen LogP contribution is -2.39. The minimum absolute atomic E-state index is 0.109. The summed E-state index contributed by atoms with van der Waals surface area (Å²) in [6.45, 7) is 0. The fraction of sp³-hybridized carbons (Fsp3) is 0.176. The smallest absolute Gasteiger partial charge is 0.263 e. The van der Waals surface area contributed by atoms with Gasteiger partial charge in [0.05, 0.1) is 23.5 Å². The summed E-state index contributed by atoms with van der Waals surface area (Å²) >= 11 is 5.81. The summed E-state index contributed by atoms with van der Waals surface area (Å²) in [5.41, 5.74) is 0.766. The molecule has 0 bridgehead atoms. The standard InChI is InChI=1S/C17H12ClFN4O3/c1-26-11-4-2-3-9(7-11)22-16(24)14-15(17(22)25)23(21-20-14)10-5-6-13(19)12(18)8-10/h2-8,14-15H,1H3/t14-,15-/m0/s1. The highest BCUT2D eigenvalue weighted by Gasteiger charge is 2.55. The number of nitrogens with zero attached hydrogens (tertiary/aromatic N) is 4. The molecule has 2 aliphatic rings. The number of anilines is 2. The van der Waals surface area contributed by atoms with Crippen molar-refractivity contribution in [3.63, 3.8) is 0 Å². The Balaban J connectivity index is 1.70. The normalized spacial score (nSPS) is 21.5. The third-order valence-corrected chi connectivity index (χ3v) is 4.55. The van der Waals surface area contributed by atoms with Crippen molar-refractivity contribution in [2.75, 3.05) is 17.0 Å². The molecule has 0 saturated carbocycles. The molecule has 1 saturated heterocycles. The highest BCUT2D eigenvalue weighted by molar-refractivity contribution is 6.31. The number of halogens is 2. The van der Waals surface area contributed by atoms with Gasteiger partial charge in [-0.05, 0) is 30.3 Å². The van der Waals surface area contributed by atoms with Crippen LogP contribution in [-0.2, 0) is 9.59 Å². The Morgan fingerprint density at radius 1 is 1.12 bits per heavy atom. The number of carbonyl (C=O) groups excluding carboxylic acids is 2. The van der Waals surface area contributed by atoms with Gasteiger partial charge in [-0.15, -0.1) is 0 Å².